The first-order valence-electron chi connectivity index (χ1n) is 10.4. The van der Waals surface area contributed by atoms with Crippen molar-refractivity contribution in [3.63, 3.8) is 0 Å². The molecule has 0 saturated heterocycles. The van der Waals surface area contributed by atoms with E-state index in [1.165, 1.54) is 15.6 Å². The molecule has 29 heavy (non-hydrogen) atoms. The van der Waals surface area contributed by atoms with Crippen molar-refractivity contribution in [1.29, 1.82) is 0 Å². The quantitative estimate of drug-likeness (QED) is 0.647. The monoisotopic (exact) mass is 432 g/mol. The summed E-state index contributed by atoms with van der Waals surface area (Å²) in [7, 11) is -1.86. The van der Waals surface area contributed by atoms with Crippen molar-refractivity contribution in [2.24, 2.45) is 0 Å². The van der Waals surface area contributed by atoms with Crippen LogP contribution in [0.2, 0.25) is 0 Å². The van der Waals surface area contributed by atoms with E-state index in [0.717, 1.165) is 38.5 Å². The van der Waals surface area contributed by atoms with Gasteiger partial charge in [-0.2, -0.15) is 4.31 Å². The van der Waals surface area contributed by atoms with E-state index in [4.69, 9.17) is 0 Å². The Kier molecular flexibility index (Phi) is 6.08. The molecular weight excluding hydrogens is 404 g/mol. The van der Waals surface area contributed by atoms with Crippen LogP contribution in [0.3, 0.4) is 0 Å². The Morgan fingerprint density at radius 2 is 1.69 bits per heavy atom. The highest BCUT2D eigenvalue weighted by Crippen LogP contribution is 2.31. The fourth-order valence-electron chi connectivity index (χ4n) is 4.07. The second-order valence-electron chi connectivity index (χ2n) is 8.08. The van der Waals surface area contributed by atoms with E-state index < -0.39 is 10.0 Å². The summed E-state index contributed by atoms with van der Waals surface area (Å²) >= 11 is 1.65. The molecule has 0 spiro atoms. The van der Waals surface area contributed by atoms with E-state index >= 15 is 0 Å². The zero-order valence-corrected chi connectivity index (χ0v) is 18.4. The van der Waals surface area contributed by atoms with Gasteiger partial charge in [-0.1, -0.05) is 25.3 Å². The lowest BCUT2D eigenvalue weighted by molar-refractivity contribution is 0.0731. The van der Waals surface area contributed by atoms with Crippen LogP contribution in [-0.4, -0.2) is 42.7 Å². The molecule has 7 heteroatoms. The molecule has 1 heterocycles. The third-order valence-corrected chi connectivity index (χ3v) is 8.81. The third-order valence-electron chi connectivity index (χ3n) is 6.02. The van der Waals surface area contributed by atoms with Crippen LogP contribution in [0.25, 0.3) is 0 Å². The van der Waals surface area contributed by atoms with Gasteiger partial charge in [-0.3, -0.25) is 4.79 Å². The van der Waals surface area contributed by atoms with E-state index in [1.54, 1.807) is 42.6 Å². The van der Waals surface area contributed by atoms with Gasteiger partial charge in [0.15, 0.2) is 0 Å². The largest absolute Gasteiger partial charge is 0.331 e. The van der Waals surface area contributed by atoms with Gasteiger partial charge in [0.25, 0.3) is 5.91 Å². The smallest absolute Gasteiger partial charge is 0.254 e. The van der Waals surface area contributed by atoms with Crippen LogP contribution in [0, 0.1) is 0 Å². The number of rotatable bonds is 7. The number of benzene rings is 1. The Labute approximate surface area is 177 Å². The first-order chi connectivity index (χ1) is 14.0. The molecule has 1 aromatic carbocycles. The van der Waals surface area contributed by atoms with Crippen LogP contribution < -0.4 is 0 Å². The Morgan fingerprint density at radius 3 is 2.28 bits per heavy atom. The molecule has 0 bridgehead atoms. The highest BCUT2D eigenvalue weighted by molar-refractivity contribution is 7.89. The van der Waals surface area contributed by atoms with Crippen LogP contribution in [0.1, 0.15) is 60.2 Å². The minimum absolute atomic E-state index is 0.0227. The normalized spacial score (nSPS) is 18.1. The number of thiophene rings is 1. The zero-order valence-electron chi connectivity index (χ0n) is 16.8. The number of carbonyl (C=O) groups excluding carboxylic acids is 1. The SMILES string of the molecule is CN(C1CCCCC1)S(=O)(=O)c1ccc(C(=O)N(Cc2cccs2)C2CC2)cc1. The Bertz CT molecular complexity index is 929. The molecule has 4 rings (SSSR count). The maximum Gasteiger partial charge on any atom is 0.254 e. The predicted octanol–water partition coefficient (Wildman–Crippen LogP) is 4.51. The summed E-state index contributed by atoms with van der Waals surface area (Å²) in [6.07, 6.45) is 7.27. The van der Waals surface area contributed by atoms with E-state index in [-0.39, 0.29) is 16.8 Å². The number of sulfonamides is 1. The topological polar surface area (TPSA) is 57.7 Å². The summed E-state index contributed by atoms with van der Waals surface area (Å²) < 4.78 is 27.5. The highest BCUT2D eigenvalue weighted by atomic mass is 32.2. The van der Waals surface area contributed by atoms with Crippen LogP contribution in [0.15, 0.2) is 46.7 Å². The van der Waals surface area contributed by atoms with Crippen molar-refractivity contribution in [3.05, 3.63) is 52.2 Å². The molecule has 0 radical (unpaired) electrons. The second-order valence-corrected chi connectivity index (χ2v) is 11.1. The first kappa shape index (κ1) is 20.6. The van der Waals surface area contributed by atoms with E-state index in [1.807, 2.05) is 22.4 Å². The molecule has 156 valence electrons. The molecule has 1 aromatic heterocycles. The fourth-order valence-corrected chi connectivity index (χ4v) is 6.18. The van der Waals surface area contributed by atoms with E-state index in [0.29, 0.717) is 18.2 Å². The van der Waals surface area contributed by atoms with Crippen molar-refractivity contribution in [2.45, 2.75) is 68.5 Å². The maximum atomic E-state index is 13.1. The predicted molar refractivity (Wildman–Crippen MR) is 115 cm³/mol. The molecule has 2 aliphatic carbocycles. The van der Waals surface area contributed by atoms with Gasteiger partial charge in [0.2, 0.25) is 10.0 Å². The van der Waals surface area contributed by atoms with Crippen LogP contribution in [0.4, 0.5) is 0 Å². The minimum atomic E-state index is -3.54. The van der Waals surface area contributed by atoms with Gasteiger partial charge in [0, 0.05) is 29.6 Å². The summed E-state index contributed by atoms with van der Waals surface area (Å²) in [5.74, 6) is -0.0227. The van der Waals surface area contributed by atoms with Crippen molar-refractivity contribution in [2.75, 3.05) is 7.05 Å². The minimum Gasteiger partial charge on any atom is -0.331 e. The van der Waals surface area contributed by atoms with Crippen molar-refractivity contribution >= 4 is 27.3 Å². The van der Waals surface area contributed by atoms with Gasteiger partial charge in [0.05, 0.1) is 11.4 Å². The molecule has 0 N–H and O–H groups in total. The standard InChI is InChI=1S/C22H28N2O3S2/c1-23(18-6-3-2-4-7-18)29(26,27)21-13-9-17(10-14-21)22(25)24(19-11-12-19)16-20-8-5-15-28-20/h5,8-10,13-15,18-19H,2-4,6-7,11-12,16H2,1H3. The van der Waals surface area contributed by atoms with Gasteiger partial charge >= 0.3 is 0 Å². The molecular formula is C22H28N2O3S2. The fraction of sp³-hybridized carbons (Fsp3) is 0.500. The second kappa shape index (κ2) is 8.58. The van der Waals surface area contributed by atoms with Crippen LogP contribution in [-0.2, 0) is 16.6 Å². The molecule has 1 amide bonds. The summed E-state index contributed by atoms with van der Waals surface area (Å²) in [4.78, 5) is 16.4. The molecule has 0 aliphatic heterocycles. The number of hydrogen-bond acceptors (Lipinski definition) is 4. The van der Waals surface area contributed by atoms with Crippen molar-refractivity contribution in [3.8, 4) is 0 Å². The lowest BCUT2D eigenvalue weighted by Gasteiger charge is -2.30. The number of carbonyl (C=O) groups is 1. The summed E-state index contributed by atoms with van der Waals surface area (Å²) in [5, 5.41) is 2.02. The van der Waals surface area contributed by atoms with Gasteiger partial charge in [-0.25, -0.2) is 8.42 Å². The molecule has 0 unspecified atom stereocenters. The summed E-state index contributed by atoms with van der Waals surface area (Å²) in [6, 6.07) is 10.9. The lowest BCUT2D eigenvalue weighted by Crippen LogP contribution is -2.38. The van der Waals surface area contributed by atoms with Crippen LogP contribution in [0.5, 0.6) is 0 Å². The maximum absolute atomic E-state index is 13.1. The van der Waals surface area contributed by atoms with E-state index in [2.05, 4.69) is 0 Å². The highest BCUT2D eigenvalue weighted by Gasteiger charge is 2.34. The molecule has 0 atom stereocenters. The molecule has 5 nitrogen and oxygen atoms in total. The third kappa shape index (κ3) is 4.57. The van der Waals surface area contributed by atoms with E-state index in [9.17, 15) is 13.2 Å². The molecule has 2 aromatic rings. The summed E-state index contributed by atoms with van der Waals surface area (Å²) in [5.41, 5.74) is 0.549. The number of amides is 1. The van der Waals surface area contributed by atoms with Crippen LogP contribution >= 0.6 is 11.3 Å². The molecule has 2 aliphatic rings. The average molecular weight is 433 g/mol. The summed E-state index contributed by atoms with van der Waals surface area (Å²) in [6.45, 7) is 0.617. The Hall–Kier alpha value is -1.70. The number of nitrogens with zero attached hydrogens (tertiary/aromatic N) is 2. The number of hydrogen-bond donors (Lipinski definition) is 0. The Morgan fingerprint density at radius 1 is 1.00 bits per heavy atom. The molecule has 2 saturated carbocycles. The Balaban J connectivity index is 1.49. The zero-order chi connectivity index (χ0) is 20.4. The van der Waals surface area contributed by atoms with Crippen molar-refractivity contribution < 1.29 is 13.2 Å². The van der Waals surface area contributed by atoms with Gasteiger partial charge < -0.3 is 4.90 Å². The lowest BCUT2D eigenvalue weighted by atomic mass is 9.96. The van der Waals surface area contributed by atoms with Crippen molar-refractivity contribution in [1.82, 2.24) is 9.21 Å². The van der Waals surface area contributed by atoms with Gasteiger partial charge in [0.1, 0.15) is 0 Å². The van der Waals surface area contributed by atoms with Gasteiger partial charge in [-0.05, 0) is 61.4 Å². The molecule has 2 fully saturated rings. The van der Waals surface area contributed by atoms with Gasteiger partial charge in [-0.15, -0.1) is 11.3 Å². The average Bonchev–Trinajstić information content (AvgIpc) is 3.47. The first-order valence-corrected chi connectivity index (χ1v) is 12.7.